The van der Waals surface area contributed by atoms with E-state index in [0.29, 0.717) is 0 Å². The van der Waals surface area contributed by atoms with E-state index in [4.69, 9.17) is 25.4 Å². The summed E-state index contributed by atoms with van der Waals surface area (Å²) in [7, 11) is -6.77. The summed E-state index contributed by atoms with van der Waals surface area (Å²) >= 11 is 0. The Morgan fingerprint density at radius 1 is 1.21 bits per heavy atom. The first kappa shape index (κ1) is 27.7. The fourth-order valence-corrected chi connectivity index (χ4v) is 4.08. The van der Waals surface area contributed by atoms with E-state index in [9.17, 15) is 24.2 Å². The molecule has 1 fully saturated rings. The number of nitrogens with zero attached hydrogens (tertiary/aromatic N) is 5. The average Bonchev–Trinajstić information content (AvgIpc) is 3.22. The number of fused-ring (bicyclic) bond motifs is 1. The van der Waals surface area contributed by atoms with Crippen molar-refractivity contribution < 1.29 is 52.7 Å². The van der Waals surface area contributed by atoms with Crippen molar-refractivity contribution in [3.8, 4) is 0 Å². The topological polar surface area (TPSA) is 256 Å². The maximum atomic E-state index is 11.5. The van der Waals surface area contributed by atoms with Crippen LogP contribution in [0.25, 0.3) is 11.2 Å². The molecule has 188 valence electrons. The van der Waals surface area contributed by atoms with Gasteiger partial charge in [-0.15, -0.1) is 0 Å². The lowest BCUT2D eigenvalue weighted by molar-refractivity contribution is -0.0503. The van der Waals surface area contributed by atoms with Crippen molar-refractivity contribution in [1.29, 1.82) is 0 Å². The average molecular weight is 516 g/mol. The number of aromatic nitrogens is 4. The molecule has 17 nitrogen and oxygen atoms in total. The normalized spacial score (nSPS) is 26.1. The van der Waals surface area contributed by atoms with Gasteiger partial charge in [-0.1, -0.05) is 0 Å². The van der Waals surface area contributed by atoms with Crippen LogP contribution in [-0.2, 0) is 22.7 Å². The number of imidazole rings is 1. The van der Waals surface area contributed by atoms with Gasteiger partial charge in [0.2, 0.25) is 0 Å². The Bertz CT molecular complexity index is 1020. The first-order valence-corrected chi connectivity index (χ1v) is 12.2. The summed E-state index contributed by atoms with van der Waals surface area (Å²) in [6.07, 6.45) is -3.51. The van der Waals surface area contributed by atoms with Crippen LogP contribution < -0.4 is 5.73 Å². The second kappa shape index (κ2) is 10.8. The fourth-order valence-electron chi connectivity index (χ4n) is 2.48. The van der Waals surface area contributed by atoms with Crippen LogP contribution in [0.1, 0.15) is 13.2 Å². The van der Waals surface area contributed by atoms with Gasteiger partial charge in [0.1, 0.15) is 36.4 Å². The highest BCUT2D eigenvalue weighted by Gasteiger charge is 2.46. The number of anilines is 1. The molecule has 2 aromatic rings. The molecule has 8 N–H and O–H groups in total. The van der Waals surface area contributed by atoms with Gasteiger partial charge in [0.25, 0.3) is 0 Å². The lowest BCUT2D eigenvalue weighted by atomic mass is 10.1. The SMILES string of the molecule is CC(O)N(C)C.Nc1ncnc2c1ncn2[C@@H]1O[C@H](COP(=O)(O)OP(=O)(O)O)[C@@H](O)[C@H]1O. The fraction of sp³-hybridized carbons (Fsp3) is 0.643. The molecule has 2 unspecified atom stereocenters. The molecule has 6 atom stereocenters. The highest BCUT2D eigenvalue weighted by Crippen LogP contribution is 2.57. The van der Waals surface area contributed by atoms with Crippen molar-refractivity contribution >= 4 is 32.6 Å². The molecule has 1 saturated heterocycles. The molecule has 0 amide bonds. The minimum atomic E-state index is -5.29. The number of ether oxygens (including phenoxy) is 1. The molecule has 2 aromatic heterocycles. The quantitative estimate of drug-likeness (QED) is 0.157. The van der Waals surface area contributed by atoms with Crippen molar-refractivity contribution in [2.45, 2.75) is 37.7 Å². The second-order valence-corrected chi connectivity index (χ2v) is 9.89. The van der Waals surface area contributed by atoms with E-state index in [2.05, 4.69) is 23.8 Å². The van der Waals surface area contributed by atoms with Crippen LogP contribution in [0.5, 0.6) is 0 Å². The van der Waals surface area contributed by atoms with Crippen molar-refractivity contribution in [3.05, 3.63) is 12.7 Å². The molecule has 1 aliphatic rings. The van der Waals surface area contributed by atoms with Gasteiger partial charge in [-0.2, -0.15) is 4.31 Å². The third-order valence-corrected chi connectivity index (χ3v) is 6.51. The van der Waals surface area contributed by atoms with Crippen LogP contribution >= 0.6 is 15.6 Å². The van der Waals surface area contributed by atoms with Gasteiger partial charge in [0.15, 0.2) is 17.7 Å². The Morgan fingerprint density at radius 3 is 2.36 bits per heavy atom. The third-order valence-electron chi connectivity index (χ3n) is 4.36. The van der Waals surface area contributed by atoms with Crippen molar-refractivity contribution in [1.82, 2.24) is 24.4 Å². The lowest BCUT2D eigenvalue weighted by Gasteiger charge is -2.17. The minimum absolute atomic E-state index is 0.0856. The largest absolute Gasteiger partial charge is 0.481 e. The van der Waals surface area contributed by atoms with Crippen LogP contribution in [0, 0.1) is 0 Å². The molecule has 0 saturated carbocycles. The van der Waals surface area contributed by atoms with Crippen LogP contribution in [0.4, 0.5) is 5.82 Å². The molecule has 0 spiro atoms. The summed E-state index contributed by atoms with van der Waals surface area (Å²) < 4.78 is 36.8. The van der Waals surface area contributed by atoms with E-state index >= 15 is 0 Å². The van der Waals surface area contributed by atoms with Gasteiger partial charge in [-0.3, -0.25) is 14.0 Å². The van der Waals surface area contributed by atoms with Crippen molar-refractivity contribution in [2.24, 2.45) is 0 Å². The molecule has 3 rings (SSSR count). The maximum Gasteiger partial charge on any atom is 0.481 e. The first-order valence-electron chi connectivity index (χ1n) is 9.16. The highest BCUT2D eigenvalue weighted by molar-refractivity contribution is 7.60. The predicted molar refractivity (Wildman–Crippen MR) is 110 cm³/mol. The number of hydrogen-bond acceptors (Lipinski definition) is 13. The van der Waals surface area contributed by atoms with E-state index < -0.39 is 46.8 Å². The maximum absolute atomic E-state index is 11.5. The van der Waals surface area contributed by atoms with Crippen LogP contribution in [0.2, 0.25) is 0 Å². The molecule has 0 aromatic carbocycles. The number of aliphatic hydroxyl groups excluding tert-OH is 3. The summed E-state index contributed by atoms with van der Waals surface area (Å²) in [5, 5.41) is 28.8. The molecular weight excluding hydrogens is 490 g/mol. The van der Waals surface area contributed by atoms with Crippen molar-refractivity contribution in [2.75, 3.05) is 26.4 Å². The van der Waals surface area contributed by atoms with Crippen LogP contribution in [0.3, 0.4) is 0 Å². The molecular formula is C14H26N6O11P2. The Hall–Kier alpha value is -1.59. The smallest absolute Gasteiger partial charge is 0.387 e. The molecule has 0 bridgehead atoms. The Morgan fingerprint density at radius 2 is 1.82 bits per heavy atom. The Kier molecular flexibility index (Phi) is 9.03. The van der Waals surface area contributed by atoms with E-state index in [-0.39, 0.29) is 23.2 Å². The Labute approximate surface area is 187 Å². The summed E-state index contributed by atoms with van der Waals surface area (Å²) in [5.41, 5.74) is 6.11. The van der Waals surface area contributed by atoms with Gasteiger partial charge in [0, 0.05) is 0 Å². The monoisotopic (exact) mass is 516 g/mol. The molecule has 1 aliphatic heterocycles. The van der Waals surface area contributed by atoms with Gasteiger partial charge < -0.3 is 40.5 Å². The number of phosphoric ester groups is 1. The predicted octanol–water partition coefficient (Wildman–Crippen LogP) is -1.86. The summed E-state index contributed by atoms with van der Waals surface area (Å²) in [6.45, 7) is 0.909. The zero-order valence-corrected chi connectivity index (χ0v) is 19.5. The first-order chi connectivity index (χ1) is 15.1. The highest BCUT2D eigenvalue weighted by atomic mass is 31.3. The number of phosphoric acid groups is 2. The van der Waals surface area contributed by atoms with Crippen LogP contribution in [-0.4, -0.2) is 99.7 Å². The standard InChI is InChI=1S/C10H15N5O10P2.C4H11NO/c11-8-5-9(13-2-12-8)15(3-14-5)10-7(17)6(16)4(24-10)1-23-27(21,22)25-26(18,19)20;1-4(6)5(2)3/h2-4,6-7,10,16-17H,1H2,(H,21,22)(H2,11,12,13)(H2,18,19,20);4,6H,1-3H3/t4-,6-,7-,10-;/m1./s1. The molecule has 33 heavy (non-hydrogen) atoms. The van der Waals surface area contributed by atoms with E-state index in [1.807, 2.05) is 14.1 Å². The molecule has 19 heteroatoms. The van der Waals surface area contributed by atoms with Gasteiger partial charge >= 0.3 is 15.6 Å². The molecule has 0 aliphatic carbocycles. The summed E-state index contributed by atoms with van der Waals surface area (Å²) in [5.74, 6) is 0.0856. The Balaban J connectivity index is 0.000000569. The zero-order valence-electron chi connectivity index (χ0n) is 17.7. The van der Waals surface area contributed by atoms with E-state index in [1.54, 1.807) is 11.8 Å². The number of nitrogens with two attached hydrogens (primary N) is 1. The summed E-state index contributed by atoms with van der Waals surface area (Å²) in [6, 6.07) is 0. The van der Waals surface area contributed by atoms with Crippen LogP contribution in [0.15, 0.2) is 12.7 Å². The van der Waals surface area contributed by atoms with Gasteiger partial charge in [0.05, 0.1) is 12.9 Å². The lowest BCUT2D eigenvalue weighted by Crippen LogP contribution is -2.33. The number of aliphatic hydroxyl groups is 3. The second-order valence-electron chi connectivity index (χ2n) is 7.06. The number of hydrogen-bond donors (Lipinski definition) is 7. The third kappa shape index (κ3) is 7.45. The van der Waals surface area contributed by atoms with E-state index in [0.717, 1.165) is 6.33 Å². The minimum Gasteiger partial charge on any atom is -0.387 e. The number of nitrogen functional groups attached to an aromatic ring is 1. The zero-order chi connectivity index (χ0) is 25.1. The number of rotatable bonds is 7. The van der Waals surface area contributed by atoms with Crippen molar-refractivity contribution in [3.63, 3.8) is 0 Å². The van der Waals surface area contributed by atoms with Gasteiger partial charge in [-0.25, -0.2) is 24.1 Å². The van der Waals surface area contributed by atoms with E-state index in [1.165, 1.54) is 10.9 Å². The molecule has 0 radical (unpaired) electrons. The molecule has 3 heterocycles. The van der Waals surface area contributed by atoms with Gasteiger partial charge in [-0.05, 0) is 21.0 Å². The summed E-state index contributed by atoms with van der Waals surface area (Å²) in [4.78, 5) is 39.8.